The van der Waals surface area contributed by atoms with E-state index in [0.29, 0.717) is 5.88 Å². The molecule has 3 aromatic rings. The lowest BCUT2D eigenvalue weighted by atomic mass is 10.0. The van der Waals surface area contributed by atoms with E-state index in [-0.39, 0.29) is 5.82 Å². The number of nitrogens with one attached hydrogen (secondary N) is 1. The molecule has 1 aliphatic heterocycles. The molecule has 0 fully saturated rings. The van der Waals surface area contributed by atoms with Gasteiger partial charge in [-0.05, 0) is 24.3 Å². The van der Waals surface area contributed by atoms with Gasteiger partial charge in [-0.3, -0.25) is 0 Å². The quantitative estimate of drug-likeness (QED) is 0.789. The normalized spacial score (nSPS) is 14.2. The number of rotatable bonds is 2. The zero-order valence-corrected chi connectivity index (χ0v) is 12.3. The largest absolute Gasteiger partial charge is 0.481 e. The number of halogens is 1. The van der Waals surface area contributed by atoms with Crippen LogP contribution in [0.3, 0.4) is 0 Å². The Morgan fingerprint density at radius 2 is 2.18 bits per heavy atom. The van der Waals surface area contributed by atoms with Crippen molar-refractivity contribution in [2.75, 3.05) is 18.6 Å². The van der Waals surface area contributed by atoms with Crippen molar-refractivity contribution in [3.63, 3.8) is 0 Å². The molecule has 0 spiro atoms. The number of fused-ring (bicyclic) bond motifs is 3. The van der Waals surface area contributed by atoms with Crippen LogP contribution in [-0.4, -0.2) is 23.6 Å². The number of benzene rings is 1. The number of ether oxygens (including phenoxy) is 1. The van der Waals surface area contributed by atoms with E-state index in [4.69, 9.17) is 4.74 Å². The molecule has 0 amide bonds. The van der Waals surface area contributed by atoms with Gasteiger partial charge < -0.3 is 14.6 Å². The molecule has 4 rings (SSSR count). The third-order valence-corrected chi connectivity index (χ3v) is 4.18. The van der Waals surface area contributed by atoms with Gasteiger partial charge in [-0.2, -0.15) is 4.98 Å². The predicted octanol–water partition coefficient (Wildman–Crippen LogP) is 3.27. The number of hydrogen-bond acceptors (Lipinski definition) is 3. The number of aromatic nitrogens is 2. The molecule has 4 nitrogen and oxygen atoms in total. The first-order valence-corrected chi connectivity index (χ1v) is 7.29. The first-order chi connectivity index (χ1) is 10.7. The lowest BCUT2D eigenvalue weighted by molar-refractivity contribution is 0.397. The van der Waals surface area contributed by atoms with E-state index in [2.05, 4.69) is 14.9 Å². The zero-order valence-electron chi connectivity index (χ0n) is 12.3. The van der Waals surface area contributed by atoms with Crippen molar-refractivity contribution in [1.82, 2.24) is 9.97 Å². The zero-order chi connectivity index (χ0) is 15.1. The van der Waals surface area contributed by atoms with Crippen molar-refractivity contribution in [2.45, 2.75) is 13.0 Å². The maximum absolute atomic E-state index is 13.4. The lowest BCUT2D eigenvalue weighted by Crippen LogP contribution is -2.30. The smallest absolute Gasteiger partial charge is 0.214 e. The Kier molecular flexibility index (Phi) is 2.99. The molecule has 0 aliphatic carbocycles. The lowest BCUT2D eigenvalue weighted by Gasteiger charge is -2.28. The van der Waals surface area contributed by atoms with Crippen LogP contribution >= 0.6 is 0 Å². The summed E-state index contributed by atoms with van der Waals surface area (Å²) in [5.41, 5.74) is 3.29. The van der Waals surface area contributed by atoms with Gasteiger partial charge in [-0.15, -0.1) is 0 Å². The van der Waals surface area contributed by atoms with Crippen molar-refractivity contribution in [1.29, 1.82) is 0 Å². The molecule has 0 bridgehead atoms. The van der Waals surface area contributed by atoms with E-state index in [1.165, 1.54) is 17.3 Å². The van der Waals surface area contributed by atoms with Crippen molar-refractivity contribution < 1.29 is 9.13 Å². The predicted molar refractivity (Wildman–Crippen MR) is 83.8 cm³/mol. The second kappa shape index (κ2) is 5.02. The topological polar surface area (TPSA) is 41.1 Å². The molecule has 5 heteroatoms. The first-order valence-electron chi connectivity index (χ1n) is 7.29. The Morgan fingerprint density at radius 3 is 3.05 bits per heavy atom. The maximum atomic E-state index is 13.4. The van der Waals surface area contributed by atoms with E-state index in [1.807, 2.05) is 24.3 Å². The van der Waals surface area contributed by atoms with Gasteiger partial charge >= 0.3 is 0 Å². The molecule has 0 unspecified atom stereocenters. The molecular weight excluding hydrogens is 281 g/mol. The summed E-state index contributed by atoms with van der Waals surface area (Å²) in [5, 5.41) is 1.09. The minimum absolute atomic E-state index is 0.211. The van der Waals surface area contributed by atoms with Gasteiger partial charge in [0.05, 0.1) is 7.11 Å². The number of methoxy groups -OCH3 is 1. The minimum Gasteiger partial charge on any atom is -0.481 e. The van der Waals surface area contributed by atoms with Gasteiger partial charge in [0.25, 0.3) is 0 Å². The molecule has 22 heavy (non-hydrogen) atoms. The fourth-order valence-electron chi connectivity index (χ4n) is 3.08. The number of aromatic amines is 1. The summed E-state index contributed by atoms with van der Waals surface area (Å²) in [6.45, 7) is 1.64. The van der Waals surface area contributed by atoms with Gasteiger partial charge in [0.1, 0.15) is 11.6 Å². The van der Waals surface area contributed by atoms with E-state index >= 15 is 0 Å². The van der Waals surface area contributed by atoms with Crippen molar-refractivity contribution >= 4 is 16.7 Å². The number of H-pyrrole nitrogens is 1. The summed E-state index contributed by atoms with van der Waals surface area (Å²) >= 11 is 0. The highest BCUT2D eigenvalue weighted by Crippen LogP contribution is 2.30. The fraction of sp³-hybridized carbons (Fsp3) is 0.235. The van der Waals surface area contributed by atoms with Crippen LogP contribution in [0.4, 0.5) is 10.2 Å². The summed E-state index contributed by atoms with van der Waals surface area (Å²) in [5.74, 6) is 1.31. The molecule has 0 saturated heterocycles. The molecule has 112 valence electrons. The first kappa shape index (κ1) is 13.1. The second-order valence-corrected chi connectivity index (χ2v) is 5.48. The average molecular weight is 297 g/mol. The second-order valence-electron chi connectivity index (χ2n) is 5.48. The number of hydrogen-bond donors (Lipinski definition) is 1. The Bertz CT molecular complexity index is 843. The third-order valence-electron chi connectivity index (χ3n) is 4.18. The van der Waals surface area contributed by atoms with Gasteiger partial charge in [0.2, 0.25) is 5.88 Å². The van der Waals surface area contributed by atoms with Crippen molar-refractivity contribution in [3.05, 3.63) is 53.5 Å². The number of nitrogens with zero attached hydrogens (tertiary/aromatic N) is 2. The van der Waals surface area contributed by atoms with Crippen molar-refractivity contribution in [3.8, 4) is 5.88 Å². The Hall–Kier alpha value is -2.56. The van der Waals surface area contributed by atoms with E-state index in [1.54, 1.807) is 13.2 Å². The molecule has 1 aromatic carbocycles. The van der Waals surface area contributed by atoms with Gasteiger partial charge in [0, 0.05) is 47.7 Å². The molecule has 0 saturated carbocycles. The number of anilines is 1. The Balaban J connectivity index is 1.72. The van der Waals surface area contributed by atoms with Gasteiger partial charge in [-0.25, -0.2) is 4.39 Å². The molecular formula is C17H16FN3O. The average Bonchev–Trinajstić information content (AvgIpc) is 2.91. The standard InChI is InChI=1S/C17H16FN3O/c1-22-17-4-2-3-16(20-17)21-8-7-14-13(10-21)12-6-5-11(18)9-15(12)19-14/h2-6,9,19H,7-8,10H2,1H3. The van der Waals surface area contributed by atoms with Gasteiger partial charge in [-0.1, -0.05) is 6.07 Å². The van der Waals surface area contributed by atoms with Crippen LogP contribution in [0.2, 0.25) is 0 Å². The van der Waals surface area contributed by atoms with Crippen LogP contribution in [0.25, 0.3) is 10.9 Å². The third kappa shape index (κ3) is 2.09. The summed E-state index contributed by atoms with van der Waals surface area (Å²) in [6.07, 6.45) is 0.893. The van der Waals surface area contributed by atoms with Gasteiger partial charge in [0.15, 0.2) is 0 Å². The summed E-state index contributed by atoms with van der Waals surface area (Å²) < 4.78 is 18.6. The minimum atomic E-state index is -0.211. The summed E-state index contributed by atoms with van der Waals surface area (Å²) in [7, 11) is 1.62. The molecule has 3 heterocycles. The summed E-state index contributed by atoms with van der Waals surface area (Å²) in [4.78, 5) is 10.1. The van der Waals surface area contributed by atoms with Crippen LogP contribution < -0.4 is 9.64 Å². The fourth-order valence-corrected chi connectivity index (χ4v) is 3.08. The molecule has 1 N–H and O–H groups in total. The molecule has 1 aliphatic rings. The van der Waals surface area contributed by atoms with E-state index in [0.717, 1.165) is 36.2 Å². The molecule has 0 atom stereocenters. The van der Waals surface area contributed by atoms with E-state index < -0.39 is 0 Å². The SMILES string of the molecule is COc1cccc(N2CCc3[nH]c4cc(F)ccc4c3C2)n1. The van der Waals surface area contributed by atoms with Crippen molar-refractivity contribution in [2.24, 2.45) is 0 Å². The Morgan fingerprint density at radius 1 is 1.27 bits per heavy atom. The molecule has 0 radical (unpaired) electrons. The van der Waals surface area contributed by atoms with Crippen LogP contribution in [-0.2, 0) is 13.0 Å². The monoisotopic (exact) mass is 297 g/mol. The highest BCUT2D eigenvalue weighted by Gasteiger charge is 2.22. The van der Waals surface area contributed by atoms with E-state index in [9.17, 15) is 4.39 Å². The maximum Gasteiger partial charge on any atom is 0.214 e. The highest BCUT2D eigenvalue weighted by molar-refractivity contribution is 5.85. The van der Waals surface area contributed by atoms with Crippen LogP contribution in [0.5, 0.6) is 5.88 Å². The Labute approximate surface area is 127 Å². The van der Waals surface area contributed by atoms with Crippen LogP contribution in [0.1, 0.15) is 11.3 Å². The molecule has 2 aromatic heterocycles. The number of pyridine rings is 1. The summed E-state index contributed by atoms with van der Waals surface area (Å²) in [6, 6.07) is 10.7. The van der Waals surface area contributed by atoms with Crippen LogP contribution in [0, 0.1) is 5.82 Å². The van der Waals surface area contributed by atoms with Crippen LogP contribution in [0.15, 0.2) is 36.4 Å². The highest BCUT2D eigenvalue weighted by atomic mass is 19.1.